The Balaban J connectivity index is 1.96. The highest BCUT2D eigenvalue weighted by atomic mass is 35.5. The fourth-order valence-corrected chi connectivity index (χ4v) is 3.53. The van der Waals surface area contributed by atoms with Crippen LogP contribution >= 0.6 is 23.4 Å². The van der Waals surface area contributed by atoms with Gasteiger partial charge in [0.05, 0.1) is 5.02 Å². The van der Waals surface area contributed by atoms with Crippen LogP contribution in [0.4, 0.5) is 0 Å². The molecule has 112 valence electrons. The largest absolute Gasteiger partial charge is 0.454 e. The Hall–Kier alpha value is -0.580. The molecule has 20 heavy (non-hydrogen) atoms. The smallest absolute Gasteiger partial charge is 0.231 e. The second kappa shape index (κ2) is 6.92. The van der Waals surface area contributed by atoms with E-state index in [0.29, 0.717) is 15.5 Å². The van der Waals surface area contributed by atoms with Gasteiger partial charge in [0, 0.05) is 17.8 Å². The lowest BCUT2D eigenvalue weighted by Crippen LogP contribution is -2.36. The first-order valence-corrected chi connectivity index (χ1v) is 8.58. The number of halogens is 1. The van der Waals surface area contributed by atoms with Crippen molar-refractivity contribution in [3.63, 3.8) is 0 Å². The first-order valence-electron chi connectivity index (χ1n) is 6.98. The van der Waals surface area contributed by atoms with Gasteiger partial charge < -0.3 is 14.8 Å². The Labute approximate surface area is 130 Å². The maximum absolute atomic E-state index is 6.19. The molecular weight excluding hydrogens is 294 g/mol. The van der Waals surface area contributed by atoms with Crippen molar-refractivity contribution in [2.75, 3.05) is 19.6 Å². The van der Waals surface area contributed by atoms with Gasteiger partial charge >= 0.3 is 0 Å². The summed E-state index contributed by atoms with van der Waals surface area (Å²) in [6, 6.07) is 3.95. The number of nitrogens with one attached hydrogen (secondary N) is 1. The van der Waals surface area contributed by atoms with Crippen LogP contribution in [0.15, 0.2) is 12.1 Å². The van der Waals surface area contributed by atoms with Crippen molar-refractivity contribution < 1.29 is 9.47 Å². The minimum Gasteiger partial charge on any atom is -0.454 e. The van der Waals surface area contributed by atoms with Gasteiger partial charge in [-0.1, -0.05) is 25.4 Å². The molecule has 1 heterocycles. The van der Waals surface area contributed by atoms with Gasteiger partial charge in [-0.15, -0.1) is 0 Å². The highest BCUT2D eigenvalue weighted by molar-refractivity contribution is 8.00. The van der Waals surface area contributed by atoms with Gasteiger partial charge in [0.15, 0.2) is 11.5 Å². The lowest BCUT2D eigenvalue weighted by molar-refractivity contribution is 0.174. The summed E-state index contributed by atoms with van der Waals surface area (Å²) in [5.74, 6) is 1.41. The van der Waals surface area contributed by atoms with Crippen LogP contribution in [-0.2, 0) is 6.54 Å². The summed E-state index contributed by atoms with van der Waals surface area (Å²) in [5.41, 5.74) is 1.13. The van der Waals surface area contributed by atoms with Crippen LogP contribution in [0.1, 0.15) is 32.3 Å². The number of hydrogen-bond donors (Lipinski definition) is 1. The monoisotopic (exact) mass is 315 g/mol. The van der Waals surface area contributed by atoms with Crippen molar-refractivity contribution in [3.8, 4) is 11.5 Å². The first-order chi connectivity index (χ1) is 9.64. The molecule has 5 heteroatoms. The summed E-state index contributed by atoms with van der Waals surface area (Å²) in [5, 5.41) is 4.16. The molecule has 0 saturated carbocycles. The number of thioether (sulfide) groups is 1. The van der Waals surface area contributed by atoms with Crippen LogP contribution < -0.4 is 14.8 Å². The molecule has 1 aliphatic heterocycles. The Morgan fingerprint density at radius 1 is 1.30 bits per heavy atom. The van der Waals surface area contributed by atoms with Crippen LogP contribution in [0.25, 0.3) is 0 Å². The summed E-state index contributed by atoms with van der Waals surface area (Å²) in [7, 11) is 0. The molecule has 0 atom stereocenters. The van der Waals surface area contributed by atoms with Crippen LogP contribution in [-0.4, -0.2) is 24.3 Å². The fraction of sp³-hybridized carbons (Fsp3) is 0.600. The number of benzene rings is 1. The topological polar surface area (TPSA) is 30.5 Å². The predicted octanol–water partition coefficient (Wildman–Crippen LogP) is 4.08. The highest BCUT2D eigenvalue weighted by Crippen LogP contribution is 2.39. The van der Waals surface area contributed by atoms with Gasteiger partial charge in [-0.2, -0.15) is 11.8 Å². The average Bonchev–Trinajstić information content (AvgIpc) is 2.93. The van der Waals surface area contributed by atoms with Gasteiger partial charge in [0.25, 0.3) is 0 Å². The molecule has 0 saturated heterocycles. The molecule has 0 unspecified atom stereocenters. The molecule has 0 fully saturated rings. The molecule has 0 aromatic heterocycles. The zero-order valence-corrected chi connectivity index (χ0v) is 13.9. The van der Waals surface area contributed by atoms with Gasteiger partial charge in [0.2, 0.25) is 6.79 Å². The van der Waals surface area contributed by atoms with E-state index < -0.39 is 0 Å². The molecule has 1 aromatic rings. The highest BCUT2D eigenvalue weighted by Gasteiger charge is 2.24. The zero-order chi connectivity index (χ0) is 14.6. The third kappa shape index (κ3) is 3.35. The van der Waals surface area contributed by atoms with E-state index >= 15 is 0 Å². The number of hydrogen-bond acceptors (Lipinski definition) is 4. The maximum Gasteiger partial charge on any atom is 0.231 e. The van der Waals surface area contributed by atoms with Gasteiger partial charge in [0.1, 0.15) is 0 Å². The molecule has 0 amide bonds. The van der Waals surface area contributed by atoms with E-state index in [-0.39, 0.29) is 6.79 Å². The van der Waals surface area contributed by atoms with Crippen molar-refractivity contribution in [3.05, 3.63) is 22.7 Å². The molecule has 1 aromatic carbocycles. The first kappa shape index (κ1) is 15.8. The molecule has 0 bridgehead atoms. The molecule has 1 N–H and O–H groups in total. The van der Waals surface area contributed by atoms with Gasteiger partial charge in [-0.25, -0.2) is 0 Å². The lowest BCUT2D eigenvalue weighted by Gasteiger charge is -2.30. The third-order valence-corrected chi connectivity index (χ3v) is 5.85. The molecule has 1 aliphatic rings. The lowest BCUT2D eigenvalue weighted by atomic mass is 10.0. The van der Waals surface area contributed by atoms with E-state index in [1.165, 1.54) is 12.8 Å². The minimum absolute atomic E-state index is 0.257. The van der Waals surface area contributed by atoms with Crippen molar-refractivity contribution in [2.45, 2.75) is 38.0 Å². The SMILES string of the molecule is CCC(CC)(CNCc1cc(Cl)c2c(c1)OCO2)SC. The zero-order valence-electron chi connectivity index (χ0n) is 12.3. The Bertz CT molecular complexity index is 455. The standard InChI is InChI=1S/C15H22ClNO2S/c1-4-15(5-2,20-3)9-17-8-11-6-12(16)14-13(7-11)18-10-19-14/h6-7,17H,4-5,8-10H2,1-3H3. The van der Waals surface area contributed by atoms with Crippen LogP contribution in [0.3, 0.4) is 0 Å². The normalized spacial score (nSPS) is 13.8. The van der Waals surface area contributed by atoms with Crippen LogP contribution in [0, 0.1) is 0 Å². The summed E-state index contributed by atoms with van der Waals surface area (Å²) in [6.07, 6.45) is 4.52. The summed E-state index contributed by atoms with van der Waals surface area (Å²) < 4.78 is 11.0. The summed E-state index contributed by atoms with van der Waals surface area (Å²) >= 11 is 8.13. The van der Waals surface area contributed by atoms with Crippen molar-refractivity contribution >= 4 is 23.4 Å². The second-order valence-corrected chi connectivity index (χ2v) is 6.69. The Morgan fingerprint density at radius 2 is 2.05 bits per heavy atom. The van der Waals surface area contributed by atoms with Crippen molar-refractivity contribution in [1.29, 1.82) is 0 Å². The number of ether oxygens (including phenoxy) is 2. The van der Waals surface area contributed by atoms with Gasteiger partial charge in [-0.3, -0.25) is 0 Å². The van der Waals surface area contributed by atoms with Crippen molar-refractivity contribution in [2.24, 2.45) is 0 Å². The van der Waals surface area contributed by atoms with Gasteiger partial charge in [-0.05, 0) is 36.8 Å². The van der Waals surface area contributed by atoms with E-state index in [0.717, 1.165) is 24.4 Å². The summed E-state index contributed by atoms with van der Waals surface area (Å²) in [4.78, 5) is 0. The van der Waals surface area contributed by atoms with Crippen LogP contribution in [0.2, 0.25) is 5.02 Å². The molecule has 0 radical (unpaired) electrons. The number of fused-ring (bicyclic) bond motifs is 1. The van der Waals surface area contributed by atoms with Crippen LogP contribution in [0.5, 0.6) is 11.5 Å². The fourth-order valence-electron chi connectivity index (χ4n) is 2.42. The Morgan fingerprint density at radius 3 is 2.70 bits per heavy atom. The van der Waals surface area contributed by atoms with E-state index in [9.17, 15) is 0 Å². The minimum atomic E-state index is 0.257. The molecule has 2 rings (SSSR count). The molecule has 0 spiro atoms. The second-order valence-electron chi connectivity index (χ2n) is 5.01. The van der Waals surface area contributed by atoms with Crippen molar-refractivity contribution in [1.82, 2.24) is 5.32 Å². The van der Waals surface area contributed by atoms with E-state index in [2.05, 4.69) is 25.4 Å². The predicted molar refractivity (Wildman–Crippen MR) is 86.1 cm³/mol. The van der Waals surface area contributed by atoms with E-state index in [1.807, 2.05) is 23.9 Å². The van der Waals surface area contributed by atoms with E-state index in [1.54, 1.807) is 0 Å². The third-order valence-electron chi connectivity index (χ3n) is 3.98. The molecular formula is C15H22ClNO2S. The van der Waals surface area contributed by atoms with E-state index in [4.69, 9.17) is 21.1 Å². The average molecular weight is 316 g/mol. The quantitative estimate of drug-likeness (QED) is 0.821. The Kier molecular flexibility index (Phi) is 5.47. The molecule has 3 nitrogen and oxygen atoms in total. The maximum atomic E-state index is 6.19. The number of rotatable bonds is 7. The molecule has 0 aliphatic carbocycles. The summed E-state index contributed by atoms with van der Waals surface area (Å²) in [6.45, 7) is 6.54.